The monoisotopic (exact) mass is 272 g/mol. The normalized spacial score (nSPS) is 27.1. The Morgan fingerprint density at radius 1 is 1.20 bits per heavy atom. The fraction of sp³-hybridized carbons (Fsp3) is 0.562. The standard InChI is InChI=1S/C16H24N4/c1-12-10-19-9-3-2-4-15(19)11-20(12)14-7-5-13(6-8-14)16(17)18/h5-8,12,15H,2-4,9-11H2,1H3,(H3,17,18). The van der Waals surface area contributed by atoms with E-state index < -0.39 is 0 Å². The number of hydrogen-bond acceptors (Lipinski definition) is 3. The van der Waals surface area contributed by atoms with Crippen LogP contribution in [-0.4, -0.2) is 42.5 Å². The van der Waals surface area contributed by atoms with E-state index in [1.165, 1.54) is 38.0 Å². The van der Waals surface area contributed by atoms with Crippen molar-refractivity contribution in [3.05, 3.63) is 29.8 Å². The molecule has 108 valence electrons. The van der Waals surface area contributed by atoms with E-state index in [1.54, 1.807) is 0 Å². The predicted octanol–water partition coefficient (Wildman–Crippen LogP) is 2.03. The van der Waals surface area contributed by atoms with Crippen molar-refractivity contribution >= 4 is 11.5 Å². The molecule has 0 aliphatic carbocycles. The molecule has 2 fully saturated rings. The van der Waals surface area contributed by atoms with Gasteiger partial charge in [-0.1, -0.05) is 6.42 Å². The maximum atomic E-state index is 7.47. The molecule has 4 heteroatoms. The van der Waals surface area contributed by atoms with Gasteiger partial charge >= 0.3 is 0 Å². The minimum atomic E-state index is 0.140. The van der Waals surface area contributed by atoms with Crippen LogP contribution in [0.2, 0.25) is 0 Å². The highest BCUT2D eigenvalue weighted by Crippen LogP contribution is 2.28. The molecule has 4 nitrogen and oxygen atoms in total. The van der Waals surface area contributed by atoms with Crippen molar-refractivity contribution in [3.63, 3.8) is 0 Å². The number of nitrogens with zero attached hydrogens (tertiary/aromatic N) is 2. The summed E-state index contributed by atoms with van der Waals surface area (Å²) in [6.45, 7) is 5.87. The molecule has 2 aliphatic rings. The quantitative estimate of drug-likeness (QED) is 0.640. The minimum absolute atomic E-state index is 0.140. The minimum Gasteiger partial charge on any atom is -0.384 e. The Morgan fingerprint density at radius 3 is 2.65 bits per heavy atom. The second kappa shape index (κ2) is 5.44. The van der Waals surface area contributed by atoms with Crippen LogP contribution in [0.15, 0.2) is 24.3 Å². The highest BCUT2D eigenvalue weighted by molar-refractivity contribution is 5.95. The van der Waals surface area contributed by atoms with E-state index in [4.69, 9.17) is 11.1 Å². The van der Waals surface area contributed by atoms with Crippen LogP contribution in [-0.2, 0) is 0 Å². The number of benzene rings is 1. The van der Waals surface area contributed by atoms with E-state index in [0.29, 0.717) is 12.1 Å². The lowest BCUT2D eigenvalue weighted by molar-refractivity contribution is 0.115. The zero-order valence-electron chi connectivity index (χ0n) is 12.2. The summed E-state index contributed by atoms with van der Waals surface area (Å²) in [5.74, 6) is 0.140. The summed E-state index contributed by atoms with van der Waals surface area (Å²) in [5.41, 5.74) is 7.58. The lowest BCUT2D eigenvalue weighted by Gasteiger charge is -2.48. The molecule has 0 spiro atoms. The van der Waals surface area contributed by atoms with Gasteiger partial charge in [-0.15, -0.1) is 0 Å². The smallest absolute Gasteiger partial charge is 0.122 e. The van der Waals surface area contributed by atoms with E-state index in [-0.39, 0.29) is 5.84 Å². The number of amidine groups is 1. The number of fused-ring (bicyclic) bond motifs is 1. The van der Waals surface area contributed by atoms with Crippen LogP contribution in [0.25, 0.3) is 0 Å². The third kappa shape index (κ3) is 2.52. The molecule has 0 radical (unpaired) electrons. The summed E-state index contributed by atoms with van der Waals surface area (Å²) >= 11 is 0. The lowest BCUT2D eigenvalue weighted by Crippen LogP contribution is -2.58. The molecular formula is C16H24N4. The van der Waals surface area contributed by atoms with Crippen molar-refractivity contribution in [1.82, 2.24) is 4.90 Å². The number of anilines is 1. The molecule has 2 heterocycles. The summed E-state index contributed by atoms with van der Waals surface area (Å²) in [5, 5.41) is 7.47. The molecule has 2 aliphatic heterocycles. The summed E-state index contributed by atoms with van der Waals surface area (Å²) in [6, 6.07) is 9.38. The number of rotatable bonds is 2. The van der Waals surface area contributed by atoms with Gasteiger partial charge in [-0.25, -0.2) is 0 Å². The van der Waals surface area contributed by atoms with Crippen molar-refractivity contribution < 1.29 is 0 Å². The molecule has 3 rings (SSSR count). The third-order valence-electron chi connectivity index (χ3n) is 4.70. The molecule has 2 atom stereocenters. The Balaban J connectivity index is 1.77. The van der Waals surface area contributed by atoms with Crippen LogP contribution in [0.3, 0.4) is 0 Å². The topological polar surface area (TPSA) is 56.4 Å². The van der Waals surface area contributed by atoms with Crippen LogP contribution < -0.4 is 10.6 Å². The fourth-order valence-corrected chi connectivity index (χ4v) is 3.54. The Morgan fingerprint density at radius 2 is 1.95 bits per heavy atom. The first-order valence-corrected chi connectivity index (χ1v) is 7.60. The van der Waals surface area contributed by atoms with Crippen molar-refractivity contribution in [1.29, 1.82) is 5.41 Å². The van der Waals surface area contributed by atoms with Gasteiger partial charge in [-0.05, 0) is 50.6 Å². The van der Waals surface area contributed by atoms with Gasteiger partial charge in [0.1, 0.15) is 5.84 Å². The molecule has 20 heavy (non-hydrogen) atoms. The number of hydrogen-bond donors (Lipinski definition) is 2. The van der Waals surface area contributed by atoms with E-state index in [1.807, 2.05) is 12.1 Å². The summed E-state index contributed by atoms with van der Waals surface area (Å²) < 4.78 is 0. The van der Waals surface area contributed by atoms with Gasteiger partial charge in [0, 0.05) is 36.4 Å². The maximum Gasteiger partial charge on any atom is 0.122 e. The van der Waals surface area contributed by atoms with Crippen LogP contribution >= 0.6 is 0 Å². The summed E-state index contributed by atoms with van der Waals surface area (Å²) in [4.78, 5) is 5.17. The Labute approximate surface area is 121 Å². The molecule has 2 saturated heterocycles. The highest BCUT2D eigenvalue weighted by atomic mass is 15.3. The average Bonchev–Trinajstić information content (AvgIpc) is 2.46. The van der Waals surface area contributed by atoms with E-state index in [9.17, 15) is 0 Å². The predicted molar refractivity (Wildman–Crippen MR) is 83.5 cm³/mol. The van der Waals surface area contributed by atoms with Gasteiger partial charge < -0.3 is 10.6 Å². The number of nitrogens with two attached hydrogens (primary N) is 1. The molecular weight excluding hydrogens is 248 g/mol. The molecule has 2 unspecified atom stereocenters. The number of nitrogens with one attached hydrogen (secondary N) is 1. The first-order valence-electron chi connectivity index (χ1n) is 7.60. The number of piperidine rings is 1. The first kappa shape index (κ1) is 13.4. The molecule has 1 aromatic rings. The fourth-order valence-electron chi connectivity index (χ4n) is 3.54. The average molecular weight is 272 g/mol. The van der Waals surface area contributed by atoms with Gasteiger partial charge in [0.15, 0.2) is 0 Å². The van der Waals surface area contributed by atoms with Gasteiger partial charge in [0.2, 0.25) is 0 Å². The highest BCUT2D eigenvalue weighted by Gasteiger charge is 2.32. The van der Waals surface area contributed by atoms with Gasteiger partial charge in [-0.2, -0.15) is 0 Å². The zero-order chi connectivity index (χ0) is 14.1. The molecule has 3 N–H and O–H groups in total. The maximum absolute atomic E-state index is 7.47. The van der Waals surface area contributed by atoms with Crippen LogP contribution in [0.1, 0.15) is 31.7 Å². The van der Waals surface area contributed by atoms with E-state index in [2.05, 4.69) is 28.9 Å². The van der Waals surface area contributed by atoms with Crippen molar-refractivity contribution in [2.75, 3.05) is 24.5 Å². The molecule has 0 bridgehead atoms. The van der Waals surface area contributed by atoms with Crippen molar-refractivity contribution in [3.8, 4) is 0 Å². The Kier molecular flexibility index (Phi) is 3.66. The summed E-state index contributed by atoms with van der Waals surface area (Å²) in [7, 11) is 0. The SMILES string of the molecule is CC1CN2CCCCC2CN1c1ccc(C(=N)N)cc1. The largest absolute Gasteiger partial charge is 0.384 e. The van der Waals surface area contributed by atoms with Gasteiger partial charge in [0.25, 0.3) is 0 Å². The van der Waals surface area contributed by atoms with Crippen molar-refractivity contribution in [2.45, 2.75) is 38.3 Å². The van der Waals surface area contributed by atoms with Gasteiger partial charge in [-0.3, -0.25) is 10.3 Å². The van der Waals surface area contributed by atoms with Crippen LogP contribution in [0.5, 0.6) is 0 Å². The first-order chi connectivity index (χ1) is 9.65. The second-order valence-corrected chi connectivity index (χ2v) is 6.11. The summed E-state index contributed by atoms with van der Waals surface area (Å²) in [6.07, 6.45) is 4.05. The second-order valence-electron chi connectivity index (χ2n) is 6.11. The number of nitrogen functional groups attached to an aromatic ring is 1. The molecule has 0 aromatic heterocycles. The Hall–Kier alpha value is -1.55. The molecule has 1 aromatic carbocycles. The van der Waals surface area contributed by atoms with E-state index >= 15 is 0 Å². The molecule has 0 saturated carbocycles. The number of piperazine rings is 1. The molecule has 0 amide bonds. The lowest BCUT2D eigenvalue weighted by atomic mass is 9.96. The van der Waals surface area contributed by atoms with Gasteiger partial charge in [0.05, 0.1) is 0 Å². The van der Waals surface area contributed by atoms with E-state index in [0.717, 1.165) is 12.1 Å². The van der Waals surface area contributed by atoms with Crippen LogP contribution in [0, 0.1) is 5.41 Å². The van der Waals surface area contributed by atoms with Crippen LogP contribution in [0.4, 0.5) is 5.69 Å². The van der Waals surface area contributed by atoms with Crippen molar-refractivity contribution in [2.24, 2.45) is 5.73 Å². The Bertz CT molecular complexity index is 482. The zero-order valence-corrected chi connectivity index (χ0v) is 12.2. The third-order valence-corrected chi connectivity index (χ3v) is 4.70.